The van der Waals surface area contributed by atoms with Gasteiger partial charge in [-0.2, -0.15) is 0 Å². The third-order valence-corrected chi connectivity index (χ3v) is 2.38. The van der Waals surface area contributed by atoms with Gasteiger partial charge in [0, 0.05) is 5.69 Å². The van der Waals surface area contributed by atoms with E-state index in [1.807, 2.05) is 31.2 Å². The summed E-state index contributed by atoms with van der Waals surface area (Å²) in [7, 11) is 1.79. The van der Waals surface area contributed by atoms with Crippen molar-refractivity contribution < 1.29 is 9.21 Å². The number of carbonyl (C=O) groups is 1. The fourth-order valence-electron chi connectivity index (χ4n) is 1.56. The van der Waals surface area contributed by atoms with Crippen molar-refractivity contribution in [2.45, 2.75) is 13.5 Å². The van der Waals surface area contributed by atoms with Crippen LogP contribution in [0.1, 0.15) is 22.0 Å². The lowest BCUT2D eigenvalue weighted by Gasteiger charge is -2.03. The van der Waals surface area contributed by atoms with Gasteiger partial charge in [0.05, 0.1) is 12.7 Å². The van der Waals surface area contributed by atoms with E-state index in [0.29, 0.717) is 12.4 Å². The molecule has 5 nitrogen and oxygen atoms in total. The van der Waals surface area contributed by atoms with E-state index in [1.165, 1.54) is 6.20 Å². The molecule has 1 heterocycles. The fraction of sp³-hybridized carbons (Fsp3) is 0.231. The number of nitrogens with zero attached hydrogens (tertiary/aromatic N) is 1. The van der Waals surface area contributed by atoms with Crippen molar-refractivity contribution >= 4 is 11.6 Å². The van der Waals surface area contributed by atoms with Gasteiger partial charge in [-0.05, 0) is 31.7 Å². The Bertz CT molecular complexity index is 549. The molecule has 0 radical (unpaired) electrons. The molecule has 0 aliphatic rings. The normalized spacial score (nSPS) is 10.3. The molecule has 1 aromatic heterocycles. The lowest BCUT2D eigenvalue weighted by atomic mass is 10.2. The van der Waals surface area contributed by atoms with Crippen molar-refractivity contribution in [3.63, 3.8) is 0 Å². The number of aryl methyl sites for hydroxylation is 1. The average molecular weight is 245 g/mol. The van der Waals surface area contributed by atoms with Crippen LogP contribution >= 0.6 is 0 Å². The van der Waals surface area contributed by atoms with Crippen LogP contribution in [0, 0.1) is 6.92 Å². The van der Waals surface area contributed by atoms with Gasteiger partial charge in [0.15, 0.2) is 0 Å². The van der Waals surface area contributed by atoms with E-state index in [2.05, 4.69) is 15.6 Å². The Morgan fingerprint density at radius 1 is 1.44 bits per heavy atom. The number of carbonyl (C=O) groups excluding carboxylic acids is 1. The minimum Gasteiger partial charge on any atom is -0.434 e. The molecule has 2 aromatic rings. The molecule has 2 N–H and O–H groups in total. The largest absolute Gasteiger partial charge is 0.434 e. The van der Waals surface area contributed by atoms with Gasteiger partial charge in [-0.15, -0.1) is 0 Å². The molecule has 0 saturated heterocycles. The monoisotopic (exact) mass is 245 g/mol. The number of hydrogen-bond acceptors (Lipinski definition) is 4. The summed E-state index contributed by atoms with van der Waals surface area (Å²) in [6, 6.07) is 7.57. The summed E-state index contributed by atoms with van der Waals surface area (Å²) in [5.41, 5.74) is 1.83. The predicted octanol–water partition coefficient (Wildman–Crippen LogP) is 1.95. The maximum Gasteiger partial charge on any atom is 0.293 e. The Balaban J connectivity index is 2.07. The van der Waals surface area contributed by atoms with Gasteiger partial charge in [0.25, 0.3) is 5.91 Å². The summed E-state index contributed by atoms with van der Waals surface area (Å²) in [4.78, 5) is 15.9. The molecule has 5 heteroatoms. The van der Waals surface area contributed by atoms with E-state index in [1.54, 1.807) is 7.05 Å². The van der Waals surface area contributed by atoms with Crippen molar-refractivity contribution in [3.8, 4) is 0 Å². The number of anilines is 1. The van der Waals surface area contributed by atoms with Gasteiger partial charge < -0.3 is 15.1 Å². The molecule has 0 atom stereocenters. The number of amides is 1. The second kappa shape index (κ2) is 5.46. The zero-order valence-electron chi connectivity index (χ0n) is 10.4. The summed E-state index contributed by atoms with van der Waals surface area (Å²) in [6.45, 7) is 2.47. The van der Waals surface area contributed by atoms with Gasteiger partial charge in [0.1, 0.15) is 0 Å². The Morgan fingerprint density at radius 3 is 3.00 bits per heavy atom. The minimum atomic E-state index is -0.296. The maximum absolute atomic E-state index is 11.9. The smallest absolute Gasteiger partial charge is 0.293 e. The molecular formula is C13H15N3O2. The minimum absolute atomic E-state index is 0.210. The first-order valence-electron chi connectivity index (χ1n) is 5.66. The quantitative estimate of drug-likeness (QED) is 0.864. The van der Waals surface area contributed by atoms with Gasteiger partial charge in [-0.1, -0.05) is 12.1 Å². The first kappa shape index (κ1) is 12.3. The highest BCUT2D eigenvalue weighted by atomic mass is 16.4. The highest BCUT2D eigenvalue weighted by molar-refractivity contribution is 6.02. The van der Waals surface area contributed by atoms with E-state index >= 15 is 0 Å². The molecule has 18 heavy (non-hydrogen) atoms. The number of nitrogens with one attached hydrogen (secondary N) is 2. The van der Waals surface area contributed by atoms with Gasteiger partial charge in [-0.3, -0.25) is 4.79 Å². The van der Waals surface area contributed by atoms with Gasteiger partial charge in [0.2, 0.25) is 11.7 Å². The third kappa shape index (κ3) is 2.95. The van der Waals surface area contributed by atoms with E-state index < -0.39 is 0 Å². The summed E-state index contributed by atoms with van der Waals surface area (Å²) < 4.78 is 5.30. The van der Waals surface area contributed by atoms with Crippen molar-refractivity contribution in [1.82, 2.24) is 10.3 Å². The molecule has 1 aromatic carbocycles. The SMILES string of the molecule is CNCc1ncc(C(=O)Nc2cccc(C)c2)o1. The van der Waals surface area contributed by atoms with Crippen LogP contribution in [0.3, 0.4) is 0 Å². The molecule has 0 bridgehead atoms. The van der Waals surface area contributed by atoms with Gasteiger partial charge >= 0.3 is 0 Å². The number of rotatable bonds is 4. The number of benzene rings is 1. The molecule has 0 saturated carbocycles. The molecule has 0 aliphatic carbocycles. The number of oxazole rings is 1. The highest BCUT2D eigenvalue weighted by Crippen LogP contribution is 2.12. The first-order chi connectivity index (χ1) is 8.69. The van der Waals surface area contributed by atoms with Crippen LogP contribution in [0.2, 0.25) is 0 Å². The Labute approximate surface area is 105 Å². The van der Waals surface area contributed by atoms with Crippen LogP contribution in [0.5, 0.6) is 0 Å². The van der Waals surface area contributed by atoms with Gasteiger partial charge in [-0.25, -0.2) is 4.98 Å². The van der Waals surface area contributed by atoms with Crippen LogP contribution in [0.15, 0.2) is 34.9 Å². The number of aromatic nitrogens is 1. The average Bonchev–Trinajstić information content (AvgIpc) is 2.78. The van der Waals surface area contributed by atoms with Crippen molar-refractivity contribution in [3.05, 3.63) is 47.7 Å². The third-order valence-electron chi connectivity index (χ3n) is 2.38. The highest BCUT2D eigenvalue weighted by Gasteiger charge is 2.12. The standard InChI is InChI=1S/C13H15N3O2/c1-9-4-3-5-10(6-9)16-13(17)11-7-15-12(18-11)8-14-2/h3-7,14H,8H2,1-2H3,(H,16,17). The van der Waals surface area contributed by atoms with Crippen molar-refractivity contribution in [2.24, 2.45) is 0 Å². The van der Waals surface area contributed by atoms with Crippen LogP contribution in [-0.2, 0) is 6.54 Å². The van der Waals surface area contributed by atoms with Crippen LogP contribution in [0.25, 0.3) is 0 Å². The Kier molecular flexibility index (Phi) is 3.74. The lowest BCUT2D eigenvalue weighted by Crippen LogP contribution is -2.11. The first-order valence-corrected chi connectivity index (χ1v) is 5.66. The number of hydrogen-bond donors (Lipinski definition) is 2. The van der Waals surface area contributed by atoms with Crippen molar-refractivity contribution in [1.29, 1.82) is 0 Å². The lowest BCUT2D eigenvalue weighted by molar-refractivity contribution is 0.0995. The molecule has 0 fully saturated rings. The zero-order valence-corrected chi connectivity index (χ0v) is 10.4. The van der Waals surface area contributed by atoms with Crippen LogP contribution in [0.4, 0.5) is 5.69 Å². The van der Waals surface area contributed by atoms with Crippen LogP contribution < -0.4 is 10.6 Å². The molecule has 0 aliphatic heterocycles. The zero-order chi connectivity index (χ0) is 13.0. The molecular weight excluding hydrogens is 230 g/mol. The molecule has 94 valence electrons. The van der Waals surface area contributed by atoms with E-state index in [9.17, 15) is 4.79 Å². The van der Waals surface area contributed by atoms with Crippen molar-refractivity contribution in [2.75, 3.05) is 12.4 Å². The topological polar surface area (TPSA) is 67.2 Å². The van der Waals surface area contributed by atoms with E-state index in [0.717, 1.165) is 11.3 Å². The predicted molar refractivity (Wildman–Crippen MR) is 68.4 cm³/mol. The van der Waals surface area contributed by atoms with Crippen LogP contribution in [-0.4, -0.2) is 17.9 Å². The maximum atomic E-state index is 11.9. The summed E-state index contributed by atoms with van der Waals surface area (Å²) in [5.74, 6) is 0.407. The molecule has 0 spiro atoms. The summed E-state index contributed by atoms with van der Waals surface area (Å²) in [6.07, 6.45) is 1.43. The molecule has 2 rings (SSSR count). The molecule has 1 amide bonds. The second-order valence-electron chi connectivity index (χ2n) is 3.97. The summed E-state index contributed by atoms with van der Waals surface area (Å²) in [5, 5.41) is 5.67. The Morgan fingerprint density at radius 2 is 2.28 bits per heavy atom. The molecule has 0 unspecified atom stereocenters. The van der Waals surface area contributed by atoms with E-state index in [4.69, 9.17) is 4.42 Å². The van der Waals surface area contributed by atoms with E-state index in [-0.39, 0.29) is 11.7 Å². The summed E-state index contributed by atoms with van der Waals surface area (Å²) >= 11 is 0. The second-order valence-corrected chi connectivity index (χ2v) is 3.97. The fourth-order valence-corrected chi connectivity index (χ4v) is 1.56. The Hall–Kier alpha value is -2.14.